The summed E-state index contributed by atoms with van der Waals surface area (Å²) >= 11 is 0. The van der Waals surface area contributed by atoms with Crippen molar-refractivity contribution in [2.75, 3.05) is 33.2 Å². The molecule has 0 aromatic heterocycles. The summed E-state index contributed by atoms with van der Waals surface area (Å²) in [6, 6.07) is 0. The summed E-state index contributed by atoms with van der Waals surface area (Å²) in [7, 11) is 1.99. The van der Waals surface area contributed by atoms with Gasteiger partial charge in [0.25, 0.3) is 0 Å². The quantitative estimate of drug-likeness (QED) is 0.739. The summed E-state index contributed by atoms with van der Waals surface area (Å²) in [6.07, 6.45) is 3.65. The van der Waals surface area contributed by atoms with Crippen LogP contribution in [0, 0.1) is 11.3 Å². The summed E-state index contributed by atoms with van der Waals surface area (Å²) in [5.41, 5.74) is -0.627. The lowest BCUT2D eigenvalue weighted by Crippen LogP contribution is -2.43. The number of carbonyl (C=O) groups is 1. The largest absolute Gasteiger partial charge is 0.481 e. The number of rotatable bonds is 6. The van der Waals surface area contributed by atoms with Crippen LogP contribution in [-0.2, 0) is 4.79 Å². The summed E-state index contributed by atoms with van der Waals surface area (Å²) in [4.78, 5) is 13.4. The zero-order valence-corrected chi connectivity index (χ0v) is 11.3. The molecule has 100 valence electrons. The van der Waals surface area contributed by atoms with Gasteiger partial charge in [0.2, 0.25) is 0 Å². The van der Waals surface area contributed by atoms with Crippen LogP contribution >= 0.6 is 0 Å². The number of aliphatic carboxylic acids is 1. The van der Waals surface area contributed by atoms with E-state index in [0.717, 1.165) is 25.6 Å². The number of hydrogen-bond acceptors (Lipinski definition) is 3. The van der Waals surface area contributed by atoms with E-state index in [9.17, 15) is 4.79 Å². The van der Waals surface area contributed by atoms with Gasteiger partial charge in [-0.15, -0.1) is 0 Å². The SMILES string of the molecule is CNCCC1CCN(CC(C)(C)C(=O)O)CC1. The molecule has 0 atom stereocenters. The number of carboxylic acid groups (broad SMARTS) is 1. The molecular formula is C13H26N2O2. The van der Waals surface area contributed by atoms with Crippen molar-refractivity contribution < 1.29 is 9.90 Å². The number of carboxylic acids is 1. The highest BCUT2D eigenvalue weighted by molar-refractivity contribution is 5.73. The monoisotopic (exact) mass is 242 g/mol. The number of likely N-dealkylation sites (tertiary alicyclic amines) is 1. The molecule has 0 aromatic rings. The molecule has 0 aromatic carbocycles. The van der Waals surface area contributed by atoms with Crippen molar-refractivity contribution in [2.24, 2.45) is 11.3 Å². The average molecular weight is 242 g/mol. The molecule has 0 saturated carbocycles. The average Bonchev–Trinajstić information content (AvgIpc) is 2.27. The normalized spacial score (nSPS) is 19.5. The van der Waals surface area contributed by atoms with E-state index in [-0.39, 0.29) is 0 Å². The Morgan fingerprint density at radius 3 is 2.47 bits per heavy atom. The van der Waals surface area contributed by atoms with Gasteiger partial charge in [0.05, 0.1) is 5.41 Å². The molecule has 4 nitrogen and oxygen atoms in total. The van der Waals surface area contributed by atoms with Gasteiger partial charge in [-0.25, -0.2) is 0 Å². The first-order valence-corrected chi connectivity index (χ1v) is 6.56. The third-order valence-electron chi connectivity index (χ3n) is 3.71. The molecule has 1 rings (SSSR count). The maximum Gasteiger partial charge on any atom is 0.310 e. The minimum atomic E-state index is -0.699. The fourth-order valence-corrected chi connectivity index (χ4v) is 2.41. The van der Waals surface area contributed by atoms with Gasteiger partial charge in [-0.3, -0.25) is 4.79 Å². The van der Waals surface area contributed by atoms with E-state index in [4.69, 9.17) is 5.11 Å². The van der Waals surface area contributed by atoms with E-state index < -0.39 is 11.4 Å². The van der Waals surface area contributed by atoms with E-state index in [2.05, 4.69) is 10.2 Å². The first-order valence-electron chi connectivity index (χ1n) is 6.56. The highest BCUT2D eigenvalue weighted by Crippen LogP contribution is 2.24. The lowest BCUT2D eigenvalue weighted by molar-refractivity contribution is -0.148. The minimum absolute atomic E-state index is 0.627. The molecule has 0 spiro atoms. The van der Waals surface area contributed by atoms with Crippen molar-refractivity contribution in [3.05, 3.63) is 0 Å². The van der Waals surface area contributed by atoms with Crippen molar-refractivity contribution in [3.63, 3.8) is 0 Å². The summed E-state index contributed by atoms with van der Waals surface area (Å²) in [5, 5.41) is 12.3. The molecule has 1 saturated heterocycles. The molecule has 1 aliphatic heterocycles. The molecule has 0 bridgehead atoms. The van der Waals surface area contributed by atoms with E-state index in [1.54, 1.807) is 0 Å². The topological polar surface area (TPSA) is 52.6 Å². The van der Waals surface area contributed by atoms with Crippen LogP contribution in [0.5, 0.6) is 0 Å². The van der Waals surface area contributed by atoms with Crippen molar-refractivity contribution in [2.45, 2.75) is 33.1 Å². The van der Waals surface area contributed by atoms with Gasteiger partial charge in [0.15, 0.2) is 0 Å². The van der Waals surface area contributed by atoms with Gasteiger partial charge in [-0.05, 0) is 65.7 Å². The van der Waals surface area contributed by atoms with E-state index in [1.165, 1.54) is 19.3 Å². The molecule has 17 heavy (non-hydrogen) atoms. The Balaban J connectivity index is 2.30. The standard InChI is InChI=1S/C13H26N2O2/c1-13(2,12(16)17)10-15-8-5-11(6-9-15)4-7-14-3/h11,14H,4-10H2,1-3H3,(H,16,17). The van der Waals surface area contributed by atoms with Crippen LogP contribution in [0.15, 0.2) is 0 Å². The third-order valence-corrected chi connectivity index (χ3v) is 3.71. The fourth-order valence-electron chi connectivity index (χ4n) is 2.41. The molecule has 4 heteroatoms. The summed E-state index contributed by atoms with van der Waals surface area (Å²) < 4.78 is 0. The molecule has 0 unspecified atom stereocenters. The summed E-state index contributed by atoms with van der Waals surface area (Å²) in [5.74, 6) is 0.112. The Bertz CT molecular complexity index is 246. The van der Waals surface area contributed by atoms with Crippen LogP contribution in [-0.4, -0.2) is 49.2 Å². The highest BCUT2D eigenvalue weighted by atomic mass is 16.4. The molecule has 0 radical (unpaired) electrons. The molecular weight excluding hydrogens is 216 g/mol. The molecule has 1 aliphatic rings. The Kier molecular flexibility index (Phi) is 5.40. The van der Waals surface area contributed by atoms with Gasteiger partial charge in [-0.1, -0.05) is 0 Å². The predicted octanol–water partition coefficient (Wildman–Crippen LogP) is 1.42. The van der Waals surface area contributed by atoms with Crippen molar-refractivity contribution in [1.82, 2.24) is 10.2 Å². The Labute approximate surface area is 104 Å². The van der Waals surface area contributed by atoms with E-state index >= 15 is 0 Å². The van der Waals surface area contributed by atoms with Crippen molar-refractivity contribution >= 4 is 5.97 Å². The third kappa shape index (κ3) is 4.64. The fraction of sp³-hybridized carbons (Fsp3) is 0.923. The molecule has 1 heterocycles. The van der Waals surface area contributed by atoms with Crippen molar-refractivity contribution in [3.8, 4) is 0 Å². The predicted molar refractivity (Wildman–Crippen MR) is 69.1 cm³/mol. The highest BCUT2D eigenvalue weighted by Gasteiger charge is 2.31. The smallest absolute Gasteiger partial charge is 0.310 e. The van der Waals surface area contributed by atoms with Gasteiger partial charge < -0.3 is 15.3 Å². The van der Waals surface area contributed by atoms with Crippen LogP contribution in [0.25, 0.3) is 0 Å². The second kappa shape index (κ2) is 6.36. The van der Waals surface area contributed by atoms with Crippen LogP contribution in [0.4, 0.5) is 0 Å². The first-order chi connectivity index (χ1) is 7.95. The van der Waals surface area contributed by atoms with Gasteiger partial charge in [-0.2, -0.15) is 0 Å². The first kappa shape index (κ1) is 14.5. The Morgan fingerprint density at radius 1 is 1.41 bits per heavy atom. The number of hydrogen-bond donors (Lipinski definition) is 2. The zero-order valence-electron chi connectivity index (χ0n) is 11.3. The Hall–Kier alpha value is -0.610. The lowest BCUT2D eigenvalue weighted by Gasteiger charge is -2.35. The molecule has 1 fully saturated rings. The van der Waals surface area contributed by atoms with E-state index in [1.807, 2.05) is 20.9 Å². The maximum atomic E-state index is 11.1. The van der Waals surface area contributed by atoms with Gasteiger partial charge >= 0.3 is 5.97 Å². The lowest BCUT2D eigenvalue weighted by atomic mass is 9.89. The maximum absolute atomic E-state index is 11.1. The molecule has 0 amide bonds. The molecule has 2 N–H and O–H groups in total. The van der Waals surface area contributed by atoms with Crippen LogP contribution in [0.1, 0.15) is 33.1 Å². The number of piperidine rings is 1. The summed E-state index contributed by atoms with van der Waals surface area (Å²) in [6.45, 7) is 7.47. The van der Waals surface area contributed by atoms with Gasteiger partial charge in [0, 0.05) is 6.54 Å². The van der Waals surface area contributed by atoms with E-state index in [0.29, 0.717) is 6.54 Å². The second-order valence-corrected chi connectivity index (χ2v) is 5.80. The number of nitrogens with one attached hydrogen (secondary N) is 1. The molecule has 0 aliphatic carbocycles. The Morgan fingerprint density at radius 2 is 2.00 bits per heavy atom. The minimum Gasteiger partial charge on any atom is -0.481 e. The van der Waals surface area contributed by atoms with Gasteiger partial charge in [0.1, 0.15) is 0 Å². The number of nitrogens with zero attached hydrogens (tertiary/aromatic N) is 1. The van der Waals surface area contributed by atoms with Crippen LogP contribution < -0.4 is 5.32 Å². The zero-order chi connectivity index (χ0) is 12.9. The van der Waals surface area contributed by atoms with Crippen molar-refractivity contribution in [1.29, 1.82) is 0 Å². The van der Waals surface area contributed by atoms with Crippen LogP contribution in [0.3, 0.4) is 0 Å². The second-order valence-electron chi connectivity index (χ2n) is 5.80. The van der Waals surface area contributed by atoms with Crippen LogP contribution in [0.2, 0.25) is 0 Å².